The molecular weight excluding hydrogens is 385 g/mol. The van der Waals surface area contributed by atoms with Gasteiger partial charge in [0, 0.05) is 28.9 Å². The zero-order valence-corrected chi connectivity index (χ0v) is 15.9. The van der Waals surface area contributed by atoms with E-state index in [4.69, 9.17) is 9.47 Å². The first-order chi connectivity index (χ1) is 14.7. The summed E-state index contributed by atoms with van der Waals surface area (Å²) in [7, 11) is 0. The molecule has 150 valence electrons. The molecule has 0 saturated heterocycles. The Morgan fingerprint density at radius 3 is 2.87 bits per heavy atom. The van der Waals surface area contributed by atoms with Gasteiger partial charge in [0.25, 0.3) is 5.56 Å². The van der Waals surface area contributed by atoms with Gasteiger partial charge in [0.15, 0.2) is 6.79 Å². The first-order valence-electron chi connectivity index (χ1n) is 9.53. The van der Waals surface area contributed by atoms with Crippen molar-refractivity contribution in [1.82, 2.24) is 9.97 Å². The largest absolute Gasteiger partial charge is 0.467 e. The van der Waals surface area contributed by atoms with Gasteiger partial charge in [0.05, 0.1) is 17.6 Å². The molecule has 0 radical (unpaired) electrons. The van der Waals surface area contributed by atoms with Crippen molar-refractivity contribution in [3.05, 3.63) is 88.0 Å². The Labute approximate surface area is 171 Å². The number of fused-ring (bicyclic) bond motifs is 2. The van der Waals surface area contributed by atoms with Gasteiger partial charge in [-0.05, 0) is 30.3 Å². The molecule has 30 heavy (non-hydrogen) atoms. The van der Waals surface area contributed by atoms with Crippen LogP contribution in [0.4, 0.5) is 10.1 Å². The molecule has 6 nitrogen and oxygen atoms in total. The molecule has 0 aliphatic carbocycles. The zero-order chi connectivity index (χ0) is 20.5. The van der Waals surface area contributed by atoms with E-state index in [1.807, 2.05) is 48.5 Å². The number of para-hydroxylation sites is 3. The Hall–Kier alpha value is -3.71. The molecule has 0 fully saturated rings. The number of aromatic amines is 1. The van der Waals surface area contributed by atoms with Crippen molar-refractivity contribution in [2.75, 3.05) is 12.1 Å². The van der Waals surface area contributed by atoms with Crippen LogP contribution in [0.25, 0.3) is 22.3 Å². The van der Waals surface area contributed by atoms with Gasteiger partial charge < -0.3 is 19.8 Å². The van der Waals surface area contributed by atoms with Crippen molar-refractivity contribution in [1.29, 1.82) is 0 Å². The fourth-order valence-corrected chi connectivity index (χ4v) is 3.63. The molecule has 4 aromatic rings. The third-order valence-corrected chi connectivity index (χ3v) is 5.00. The van der Waals surface area contributed by atoms with Gasteiger partial charge in [0.1, 0.15) is 17.3 Å². The highest BCUT2D eigenvalue weighted by Crippen LogP contribution is 2.31. The summed E-state index contributed by atoms with van der Waals surface area (Å²) in [5.41, 5.74) is 4.18. The molecule has 1 aliphatic rings. The number of halogens is 1. The molecular formula is C23H18FN3O3. The highest BCUT2D eigenvalue weighted by atomic mass is 19.1. The summed E-state index contributed by atoms with van der Waals surface area (Å²) in [5.74, 6) is 0.287. The predicted octanol–water partition coefficient (Wildman–Crippen LogP) is 4.21. The van der Waals surface area contributed by atoms with Crippen LogP contribution in [-0.2, 0) is 17.9 Å². The van der Waals surface area contributed by atoms with Crippen LogP contribution in [0.5, 0.6) is 5.75 Å². The molecule has 2 heterocycles. The number of benzene rings is 3. The Morgan fingerprint density at radius 2 is 1.93 bits per heavy atom. The van der Waals surface area contributed by atoms with Crippen molar-refractivity contribution in [2.24, 2.45) is 0 Å². The number of aromatic nitrogens is 2. The number of nitrogens with one attached hydrogen (secondary N) is 2. The zero-order valence-electron chi connectivity index (χ0n) is 15.9. The number of rotatable bonds is 4. The lowest BCUT2D eigenvalue weighted by atomic mass is 10.1. The molecule has 0 bridgehead atoms. The average molecular weight is 403 g/mol. The van der Waals surface area contributed by atoms with E-state index in [0.717, 1.165) is 5.69 Å². The molecule has 0 atom stereocenters. The Morgan fingerprint density at radius 1 is 1.10 bits per heavy atom. The second-order valence-corrected chi connectivity index (χ2v) is 6.99. The topological polar surface area (TPSA) is 76.2 Å². The first kappa shape index (κ1) is 18.3. The van der Waals surface area contributed by atoms with Gasteiger partial charge >= 0.3 is 0 Å². The van der Waals surface area contributed by atoms with E-state index >= 15 is 0 Å². The summed E-state index contributed by atoms with van der Waals surface area (Å²) in [6.45, 7) is 0.772. The summed E-state index contributed by atoms with van der Waals surface area (Å²) in [5, 5.41) is 3.30. The van der Waals surface area contributed by atoms with Crippen LogP contribution in [0.1, 0.15) is 11.1 Å². The predicted molar refractivity (Wildman–Crippen MR) is 112 cm³/mol. The number of hydrogen-bond donors (Lipinski definition) is 2. The van der Waals surface area contributed by atoms with Crippen molar-refractivity contribution in [2.45, 2.75) is 13.2 Å². The fourth-order valence-electron chi connectivity index (χ4n) is 3.63. The third kappa shape index (κ3) is 3.40. The summed E-state index contributed by atoms with van der Waals surface area (Å²) in [4.78, 5) is 20.1. The summed E-state index contributed by atoms with van der Waals surface area (Å²) < 4.78 is 24.9. The lowest BCUT2D eigenvalue weighted by Crippen LogP contribution is -2.15. The molecule has 0 unspecified atom stereocenters. The SMILES string of the molecule is O=c1[nH]c2ccccc2nc1-c1ccccc1NCc1cc(F)cc2c1OCOC2. The Balaban J connectivity index is 1.51. The summed E-state index contributed by atoms with van der Waals surface area (Å²) in [6, 6.07) is 17.7. The minimum atomic E-state index is -0.347. The monoisotopic (exact) mass is 403 g/mol. The average Bonchev–Trinajstić information content (AvgIpc) is 2.77. The van der Waals surface area contributed by atoms with Crippen LogP contribution < -0.4 is 15.6 Å². The standard InChI is InChI=1S/C23H18FN3O3/c24-16-9-14(22-15(10-16)12-29-13-30-22)11-25-18-6-2-1-5-17(18)21-23(28)27-20-8-4-3-7-19(20)26-21/h1-10,25H,11-13H2,(H,27,28). The van der Waals surface area contributed by atoms with Crippen molar-refractivity contribution in [3.8, 4) is 17.0 Å². The number of ether oxygens (including phenoxy) is 2. The van der Waals surface area contributed by atoms with Gasteiger partial charge in [-0.3, -0.25) is 4.79 Å². The van der Waals surface area contributed by atoms with Crippen LogP contribution in [0.15, 0.2) is 65.5 Å². The highest BCUT2D eigenvalue weighted by Gasteiger charge is 2.18. The summed E-state index contributed by atoms with van der Waals surface area (Å²) >= 11 is 0. The molecule has 7 heteroatoms. The number of nitrogens with zero attached hydrogens (tertiary/aromatic N) is 1. The number of anilines is 1. The van der Waals surface area contributed by atoms with Crippen molar-refractivity contribution in [3.63, 3.8) is 0 Å². The maximum Gasteiger partial charge on any atom is 0.275 e. The van der Waals surface area contributed by atoms with Crippen LogP contribution in [0, 0.1) is 5.82 Å². The van der Waals surface area contributed by atoms with Crippen LogP contribution in [0.2, 0.25) is 0 Å². The minimum absolute atomic E-state index is 0.138. The van der Waals surface area contributed by atoms with Crippen LogP contribution in [0.3, 0.4) is 0 Å². The molecule has 1 aliphatic heterocycles. The number of hydrogen-bond acceptors (Lipinski definition) is 5. The van der Waals surface area contributed by atoms with E-state index in [2.05, 4.69) is 15.3 Å². The smallest absolute Gasteiger partial charge is 0.275 e. The van der Waals surface area contributed by atoms with Gasteiger partial charge in [0.2, 0.25) is 0 Å². The van der Waals surface area contributed by atoms with Gasteiger partial charge in [-0.15, -0.1) is 0 Å². The van der Waals surface area contributed by atoms with E-state index in [0.29, 0.717) is 52.3 Å². The highest BCUT2D eigenvalue weighted by molar-refractivity contribution is 5.81. The van der Waals surface area contributed by atoms with Crippen molar-refractivity contribution >= 4 is 16.7 Å². The molecule has 1 aromatic heterocycles. The molecule has 0 spiro atoms. The fraction of sp³-hybridized carbons (Fsp3) is 0.130. The van der Waals surface area contributed by atoms with E-state index < -0.39 is 0 Å². The minimum Gasteiger partial charge on any atom is -0.467 e. The van der Waals surface area contributed by atoms with Gasteiger partial charge in [-0.2, -0.15) is 0 Å². The Kier molecular flexibility index (Phi) is 4.65. The van der Waals surface area contributed by atoms with E-state index in [9.17, 15) is 9.18 Å². The third-order valence-electron chi connectivity index (χ3n) is 5.00. The molecule has 0 amide bonds. The Bertz CT molecular complexity index is 1300. The van der Waals surface area contributed by atoms with Crippen molar-refractivity contribution < 1.29 is 13.9 Å². The first-order valence-corrected chi connectivity index (χ1v) is 9.53. The van der Waals surface area contributed by atoms with Gasteiger partial charge in [-0.1, -0.05) is 30.3 Å². The molecule has 2 N–H and O–H groups in total. The lowest BCUT2D eigenvalue weighted by Gasteiger charge is -2.21. The van der Waals surface area contributed by atoms with Crippen LogP contribution >= 0.6 is 0 Å². The second-order valence-electron chi connectivity index (χ2n) is 6.99. The van der Waals surface area contributed by atoms with E-state index in [1.165, 1.54) is 12.1 Å². The maximum atomic E-state index is 14.0. The van der Waals surface area contributed by atoms with E-state index in [1.54, 1.807) is 0 Å². The maximum absolute atomic E-state index is 14.0. The lowest BCUT2D eigenvalue weighted by molar-refractivity contribution is -0.0172. The normalized spacial score (nSPS) is 13.0. The summed E-state index contributed by atoms with van der Waals surface area (Å²) in [6.07, 6.45) is 0. The second kappa shape index (κ2) is 7.61. The number of H-pyrrole nitrogens is 1. The van der Waals surface area contributed by atoms with Crippen LogP contribution in [-0.4, -0.2) is 16.8 Å². The molecule has 3 aromatic carbocycles. The van der Waals surface area contributed by atoms with Gasteiger partial charge in [-0.25, -0.2) is 9.37 Å². The molecule has 0 saturated carbocycles. The quantitative estimate of drug-likeness (QED) is 0.534. The molecule has 5 rings (SSSR count). The van der Waals surface area contributed by atoms with E-state index in [-0.39, 0.29) is 18.2 Å².